The maximum absolute atomic E-state index is 5.90. The Morgan fingerprint density at radius 2 is 2.14 bits per heavy atom. The Bertz CT molecular complexity index is 786. The van der Waals surface area contributed by atoms with Crippen LogP contribution in [-0.4, -0.2) is 16.5 Å². The largest absolute Gasteiger partial charge is 0.497 e. The molecule has 0 unspecified atom stereocenters. The molecule has 1 aromatic carbocycles. The van der Waals surface area contributed by atoms with Gasteiger partial charge in [-0.2, -0.15) is 4.98 Å². The lowest BCUT2D eigenvalue weighted by Gasteiger charge is -2.08. The molecule has 0 saturated heterocycles. The lowest BCUT2D eigenvalue weighted by atomic mass is 10.3. The van der Waals surface area contributed by atoms with Gasteiger partial charge in [-0.15, -0.1) is 0 Å². The molecule has 0 fully saturated rings. The smallest absolute Gasteiger partial charge is 0.242 e. The molecule has 0 aliphatic rings. The summed E-state index contributed by atoms with van der Waals surface area (Å²) < 4.78 is 13.8. The van der Waals surface area contributed by atoms with Crippen LogP contribution in [0.5, 0.6) is 17.4 Å². The third kappa shape index (κ3) is 2.59. The average Bonchev–Trinajstić information content (AvgIpc) is 2.86. The van der Waals surface area contributed by atoms with Gasteiger partial charge in [-0.1, -0.05) is 6.07 Å². The second kappa shape index (κ2) is 5.75. The van der Waals surface area contributed by atoms with E-state index in [1.165, 1.54) is 0 Å². The molecule has 3 aromatic rings. The molecule has 0 radical (unpaired) electrons. The van der Waals surface area contributed by atoms with Gasteiger partial charge in [-0.05, 0) is 46.3 Å². The number of hydrogen-bond donors (Lipinski definition) is 1. The SMILES string of the molecule is COc1ccc(Oc2nc3ccccn3c2CN)c(Br)c1. The van der Waals surface area contributed by atoms with Gasteiger partial charge in [-0.3, -0.25) is 4.40 Å². The van der Waals surface area contributed by atoms with Crippen molar-refractivity contribution in [3.8, 4) is 17.4 Å². The molecule has 0 aliphatic heterocycles. The highest BCUT2D eigenvalue weighted by Crippen LogP contribution is 2.33. The molecular formula is C15H14BrN3O2. The molecule has 0 aliphatic carbocycles. The van der Waals surface area contributed by atoms with Crippen LogP contribution in [0.25, 0.3) is 5.65 Å². The monoisotopic (exact) mass is 347 g/mol. The third-order valence-corrected chi connectivity index (χ3v) is 3.75. The fourth-order valence-electron chi connectivity index (χ4n) is 2.09. The van der Waals surface area contributed by atoms with Crippen LogP contribution in [0.2, 0.25) is 0 Å². The number of hydrogen-bond acceptors (Lipinski definition) is 4. The summed E-state index contributed by atoms with van der Waals surface area (Å²) in [6, 6.07) is 11.3. The minimum absolute atomic E-state index is 0.342. The van der Waals surface area contributed by atoms with E-state index in [0.29, 0.717) is 18.2 Å². The predicted octanol–water partition coefficient (Wildman–Crippen LogP) is 3.36. The van der Waals surface area contributed by atoms with E-state index in [-0.39, 0.29) is 0 Å². The summed E-state index contributed by atoms with van der Waals surface area (Å²) in [4.78, 5) is 4.47. The number of ether oxygens (including phenoxy) is 2. The van der Waals surface area contributed by atoms with Gasteiger partial charge in [0.2, 0.25) is 5.88 Å². The minimum atomic E-state index is 0.342. The summed E-state index contributed by atoms with van der Waals surface area (Å²) in [5, 5.41) is 0. The molecule has 108 valence electrons. The molecule has 2 N–H and O–H groups in total. The van der Waals surface area contributed by atoms with E-state index >= 15 is 0 Å². The number of fused-ring (bicyclic) bond motifs is 1. The number of aromatic nitrogens is 2. The molecule has 0 atom stereocenters. The average molecular weight is 348 g/mol. The maximum atomic E-state index is 5.90. The normalized spacial score (nSPS) is 10.8. The molecule has 0 bridgehead atoms. The summed E-state index contributed by atoms with van der Waals surface area (Å²) in [5.74, 6) is 1.92. The Hall–Kier alpha value is -2.05. The van der Waals surface area contributed by atoms with E-state index in [4.69, 9.17) is 15.2 Å². The molecule has 5 nitrogen and oxygen atoms in total. The molecule has 2 heterocycles. The second-order valence-corrected chi connectivity index (χ2v) is 5.25. The van der Waals surface area contributed by atoms with Gasteiger partial charge >= 0.3 is 0 Å². The van der Waals surface area contributed by atoms with Crippen molar-refractivity contribution in [2.45, 2.75) is 6.54 Å². The van der Waals surface area contributed by atoms with E-state index in [2.05, 4.69) is 20.9 Å². The fraction of sp³-hybridized carbons (Fsp3) is 0.133. The Labute approximate surface area is 130 Å². The van der Waals surface area contributed by atoms with Crippen molar-refractivity contribution < 1.29 is 9.47 Å². The van der Waals surface area contributed by atoms with E-state index in [0.717, 1.165) is 21.6 Å². The number of methoxy groups -OCH3 is 1. The zero-order chi connectivity index (χ0) is 14.8. The van der Waals surface area contributed by atoms with Crippen molar-refractivity contribution in [1.29, 1.82) is 0 Å². The molecule has 2 aromatic heterocycles. The molecule has 6 heteroatoms. The van der Waals surface area contributed by atoms with Crippen LogP contribution in [-0.2, 0) is 6.54 Å². The van der Waals surface area contributed by atoms with Gasteiger partial charge in [-0.25, -0.2) is 0 Å². The number of halogens is 1. The zero-order valence-electron chi connectivity index (χ0n) is 11.4. The van der Waals surface area contributed by atoms with Crippen LogP contribution in [0.3, 0.4) is 0 Å². The summed E-state index contributed by atoms with van der Waals surface area (Å²) in [6.07, 6.45) is 1.92. The Balaban J connectivity index is 2.01. The van der Waals surface area contributed by atoms with E-state index in [1.54, 1.807) is 7.11 Å². The predicted molar refractivity (Wildman–Crippen MR) is 83.9 cm³/mol. The topological polar surface area (TPSA) is 61.8 Å². The van der Waals surface area contributed by atoms with Crippen molar-refractivity contribution >= 4 is 21.6 Å². The maximum Gasteiger partial charge on any atom is 0.242 e. The number of pyridine rings is 1. The van der Waals surface area contributed by atoms with Crippen molar-refractivity contribution in [3.63, 3.8) is 0 Å². The highest BCUT2D eigenvalue weighted by Gasteiger charge is 2.14. The molecule has 21 heavy (non-hydrogen) atoms. The Morgan fingerprint density at radius 3 is 2.86 bits per heavy atom. The van der Waals surface area contributed by atoms with Crippen molar-refractivity contribution in [2.75, 3.05) is 7.11 Å². The fourth-order valence-corrected chi connectivity index (χ4v) is 2.53. The number of nitrogens with two attached hydrogens (primary N) is 1. The Morgan fingerprint density at radius 1 is 1.29 bits per heavy atom. The second-order valence-electron chi connectivity index (χ2n) is 4.40. The summed E-state index contributed by atoms with van der Waals surface area (Å²) >= 11 is 3.46. The highest BCUT2D eigenvalue weighted by molar-refractivity contribution is 9.10. The zero-order valence-corrected chi connectivity index (χ0v) is 13.0. The molecule has 0 saturated carbocycles. The third-order valence-electron chi connectivity index (χ3n) is 3.13. The molecule has 0 spiro atoms. The molecular weight excluding hydrogens is 334 g/mol. The van der Waals surface area contributed by atoms with Crippen LogP contribution in [0, 0.1) is 0 Å². The first-order chi connectivity index (χ1) is 10.2. The van der Waals surface area contributed by atoms with Gasteiger partial charge in [0.15, 0.2) is 0 Å². The first kappa shape index (κ1) is 13.9. The van der Waals surface area contributed by atoms with E-state index < -0.39 is 0 Å². The van der Waals surface area contributed by atoms with E-state index in [9.17, 15) is 0 Å². The lowest BCUT2D eigenvalue weighted by molar-refractivity contribution is 0.411. The summed E-state index contributed by atoms with van der Waals surface area (Å²) in [6.45, 7) is 0.342. The first-order valence-corrected chi connectivity index (χ1v) is 7.19. The molecule has 0 amide bonds. The Kier molecular flexibility index (Phi) is 3.81. The lowest BCUT2D eigenvalue weighted by Crippen LogP contribution is -2.02. The van der Waals surface area contributed by atoms with Crippen LogP contribution in [0.1, 0.15) is 5.69 Å². The van der Waals surface area contributed by atoms with Crippen molar-refractivity contribution in [1.82, 2.24) is 9.38 Å². The minimum Gasteiger partial charge on any atom is -0.497 e. The van der Waals surface area contributed by atoms with Crippen molar-refractivity contribution in [2.24, 2.45) is 5.73 Å². The standard InChI is InChI=1S/C15H14BrN3O2/c1-20-10-5-6-13(11(16)8-10)21-15-12(9-17)19-7-3-2-4-14(19)18-15/h2-8H,9,17H2,1H3. The van der Waals surface area contributed by atoms with Gasteiger partial charge in [0.25, 0.3) is 0 Å². The number of imidazole rings is 1. The van der Waals surface area contributed by atoms with Gasteiger partial charge in [0, 0.05) is 12.7 Å². The van der Waals surface area contributed by atoms with Crippen LogP contribution >= 0.6 is 15.9 Å². The highest BCUT2D eigenvalue weighted by atomic mass is 79.9. The number of benzene rings is 1. The number of nitrogens with zero attached hydrogens (tertiary/aromatic N) is 2. The number of rotatable bonds is 4. The molecule has 3 rings (SSSR count). The quantitative estimate of drug-likeness (QED) is 0.785. The summed E-state index contributed by atoms with van der Waals surface area (Å²) in [7, 11) is 1.62. The first-order valence-electron chi connectivity index (χ1n) is 6.40. The van der Waals surface area contributed by atoms with Crippen molar-refractivity contribution in [3.05, 3.63) is 52.8 Å². The van der Waals surface area contributed by atoms with Crippen LogP contribution in [0.4, 0.5) is 0 Å². The van der Waals surface area contributed by atoms with Gasteiger partial charge < -0.3 is 15.2 Å². The van der Waals surface area contributed by atoms with Gasteiger partial charge in [0.05, 0.1) is 11.6 Å². The van der Waals surface area contributed by atoms with Gasteiger partial charge in [0.1, 0.15) is 22.8 Å². The summed E-state index contributed by atoms with van der Waals surface area (Å²) in [5.41, 5.74) is 7.46. The van der Waals surface area contributed by atoms with Crippen LogP contribution in [0.15, 0.2) is 47.1 Å². The van der Waals surface area contributed by atoms with Crippen LogP contribution < -0.4 is 15.2 Å². The van der Waals surface area contributed by atoms with E-state index in [1.807, 2.05) is 47.0 Å².